The SMILES string of the molecule is C=C(C#N)CNCCCCCCCCCCCCCCCCCC.Cl. The molecule has 0 aliphatic carbocycles. The fourth-order valence-corrected chi connectivity index (χ4v) is 3.08. The van der Waals surface area contributed by atoms with E-state index in [0.717, 1.165) is 6.54 Å². The van der Waals surface area contributed by atoms with Gasteiger partial charge in [0, 0.05) is 12.1 Å². The second-order valence-electron chi connectivity index (χ2n) is 7.20. The zero-order chi connectivity index (χ0) is 17.7. The lowest BCUT2D eigenvalue weighted by Crippen LogP contribution is -2.17. The van der Waals surface area contributed by atoms with Gasteiger partial charge in [-0.15, -0.1) is 12.4 Å². The van der Waals surface area contributed by atoms with Crippen molar-refractivity contribution < 1.29 is 0 Å². The van der Waals surface area contributed by atoms with Crippen LogP contribution in [0.5, 0.6) is 0 Å². The zero-order valence-electron chi connectivity index (χ0n) is 16.8. The van der Waals surface area contributed by atoms with E-state index in [0.29, 0.717) is 12.1 Å². The topological polar surface area (TPSA) is 35.8 Å². The van der Waals surface area contributed by atoms with Gasteiger partial charge in [0.1, 0.15) is 0 Å². The number of hydrogen-bond acceptors (Lipinski definition) is 2. The van der Waals surface area contributed by atoms with Crippen molar-refractivity contribution in [2.75, 3.05) is 13.1 Å². The molecule has 0 unspecified atom stereocenters. The third-order valence-electron chi connectivity index (χ3n) is 4.70. The molecule has 0 aromatic carbocycles. The van der Waals surface area contributed by atoms with E-state index in [1.807, 2.05) is 0 Å². The number of nitrogens with zero attached hydrogens (tertiary/aromatic N) is 1. The summed E-state index contributed by atoms with van der Waals surface area (Å²) in [6.07, 6.45) is 22.5. The summed E-state index contributed by atoms with van der Waals surface area (Å²) in [5.41, 5.74) is 0.631. The summed E-state index contributed by atoms with van der Waals surface area (Å²) >= 11 is 0. The molecule has 0 rings (SSSR count). The molecule has 0 bridgehead atoms. The Kier molecular flexibility index (Phi) is 25.1. The van der Waals surface area contributed by atoms with Crippen molar-refractivity contribution in [3.63, 3.8) is 0 Å². The van der Waals surface area contributed by atoms with Crippen LogP contribution in [0.25, 0.3) is 0 Å². The lowest BCUT2D eigenvalue weighted by Gasteiger charge is -2.04. The third-order valence-corrected chi connectivity index (χ3v) is 4.70. The van der Waals surface area contributed by atoms with E-state index in [4.69, 9.17) is 5.26 Å². The highest BCUT2D eigenvalue weighted by atomic mass is 35.5. The molecule has 0 amide bonds. The predicted molar refractivity (Wildman–Crippen MR) is 114 cm³/mol. The first-order valence-corrected chi connectivity index (χ1v) is 10.6. The van der Waals surface area contributed by atoms with Crippen LogP contribution in [-0.4, -0.2) is 13.1 Å². The monoisotopic (exact) mass is 370 g/mol. The Balaban J connectivity index is 0. The Morgan fingerprint density at radius 3 is 1.44 bits per heavy atom. The smallest absolute Gasteiger partial charge is 0.0954 e. The van der Waals surface area contributed by atoms with Gasteiger partial charge in [-0.05, 0) is 13.0 Å². The van der Waals surface area contributed by atoms with E-state index >= 15 is 0 Å². The minimum Gasteiger partial charge on any atom is -0.312 e. The van der Waals surface area contributed by atoms with Crippen LogP contribution >= 0.6 is 12.4 Å². The van der Waals surface area contributed by atoms with Gasteiger partial charge in [0.25, 0.3) is 0 Å². The molecule has 0 aromatic rings. The van der Waals surface area contributed by atoms with Gasteiger partial charge in [0.15, 0.2) is 0 Å². The highest BCUT2D eigenvalue weighted by Crippen LogP contribution is 2.13. The average Bonchev–Trinajstić information content (AvgIpc) is 2.60. The highest BCUT2D eigenvalue weighted by molar-refractivity contribution is 5.85. The zero-order valence-corrected chi connectivity index (χ0v) is 17.6. The molecule has 0 fully saturated rings. The van der Waals surface area contributed by atoms with Gasteiger partial charge < -0.3 is 5.32 Å². The number of unbranched alkanes of at least 4 members (excludes halogenated alkanes) is 15. The number of nitrogens with one attached hydrogen (secondary N) is 1. The first kappa shape index (κ1) is 26.7. The Morgan fingerprint density at radius 1 is 0.720 bits per heavy atom. The number of rotatable bonds is 19. The molecule has 0 aliphatic heterocycles. The summed E-state index contributed by atoms with van der Waals surface area (Å²) in [6, 6.07) is 2.06. The lowest BCUT2D eigenvalue weighted by atomic mass is 10.0. The summed E-state index contributed by atoms with van der Waals surface area (Å²) in [4.78, 5) is 0. The van der Waals surface area contributed by atoms with E-state index in [1.54, 1.807) is 0 Å². The maximum absolute atomic E-state index is 8.59. The fraction of sp³-hybridized carbons (Fsp3) is 0.864. The van der Waals surface area contributed by atoms with Crippen LogP contribution in [0.2, 0.25) is 0 Å². The van der Waals surface area contributed by atoms with Crippen molar-refractivity contribution >= 4 is 12.4 Å². The summed E-state index contributed by atoms with van der Waals surface area (Å²) < 4.78 is 0. The molecule has 148 valence electrons. The molecule has 1 N–H and O–H groups in total. The highest BCUT2D eigenvalue weighted by Gasteiger charge is 1.95. The second-order valence-corrected chi connectivity index (χ2v) is 7.20. The standard InChI is InChI=1S/C22H42N2.ClH/c1-3-4-5-6-7-8-9-10-11-12-13-14-15-16-17-18-19-24-21-22(2)20-23;/h24H,2-19,21H2,1H3;1H. The van der Waals surface area contributed by atoms with Crippen molar-refractivity contribution in [2.45, 2.75) is 110 Å². The molecule has 0 saturated heterocycles. The van der Waals surface area contributed by atoms with Crippen molar-refractivity contribution in [1.82, 2.24) is 5.32 Å². The third kappa shape index (κ3) is 23.5. The molecule has 3 heteroatoms. The fourth-order valence-electron chi connectivity index (χ4n) is 3.08. The Labute approximate surface area is 164 Å². The van der Waals surface area contributed by atoms with E-state index in [2.05, 4.69) is 24.9 Å². The van der Waals surface area contributed by atoms with Gasteiger partial charge in [-0.25, -0.2) is 0 Å². The molecule has 0 saturated carbocycles. The van der Waals surface area contributed by atoms with Gasteiger partial charge in [-0.3, -0.25) is 0 Å². The Morgan fingerprint density at radius 2 is 1.08 bits per heavy atom. The minimum absolute atomic E-state index is 0. The Bertz CT molecular complexity index is 310. The van der Waals surface area contributed by atoms with Crippen LogP contribution in [0, 0.1) is 11.3 Å². The second kappa shape index (κ2) is 23.5. The van der Waals surface area contributed by atoms with E-state index < -0.39 is 0 Å². The van der Waals surface area contributed by atoms with E-state index in [9.17, 15) is 0 Å². The van der Waals surface area contributed by atoms with Crippen LogP contribution < -0.4 is 5.32 Å². The Hall–Kier alpha value is -0.520. The van der Waals surface area contributed by atoms with Gasteiger partial charge in [-0.1, -0.05) is 110 Å². The summed E-state index contributed by atoms with van der Waals surface area (Å²) in [5.74, 6) is 0. The molecule has 0 aliphatic rings. The molecule has 0 heterocycles. The quantitative estimate of drug-likeness (QED) is 0.190. The molecular weight excluding hydrogens is 328 g/mol. The summed E-state index contributed by atoms with van der Waals surface area (Å²) in [5, 5.41) is 11.9. The van der Waals surface area contributed by atoms with Crippen molar-refractivity contribution in [1.29, 1.82) is 5.26 Å². The van der Waals surface area contributed by atoms with Gasteiger partial charge in [-0.2, -0.15) is 5.26 Å². The average molecular weight is 371 g/mol. The van der Waals surface area contributed by atoms with Crippen molar-refractivity contribution in [2.24, 2.45) is 0 Å². The molecule has 25 heavy (non-hydrogen) atoms. The normalized spacial score (nSPS) is 10.2. The first-order valence-electron chi connectivity index (χ1n) is 10.6. The molecule has 0 atom stereocenters. The largest absolute Gasteiger partial charge is 0.312 e. The number of halogens is 1. The maximum Gasteiger partial charge on any atom is 0.0954 e. The summed E-state index contributed by atoms with van der Waals surface area (Å²) in [6.45, 7) is 7.61. The van der Waals surface area contributed by atoms with Crippen LogP contribution in [0.1, 0.15) is 110 Å². The number of hydrogen-bond donors (Lipinski definition) is 1. The molecule has 0 radical (unpaired) electrons. The maximum atomic E-state index is 8.59. The number of nitriles is 1. The van der Waals surface area contributed by atoms with Gasteiger partial charge in [0.05, 0.1) is 6.07 Å². The van der Waals surface area contributed by atoms with Crippen molar-refractivity contribution in [3.05, 3.63) is 12.2 Å². The van der Waals surface area contributed by atoms with Gasteiger partial charge in [0.2, 0.25) is 0 Å². The van der Waals surface area contributed by atoms with Crippen molar-refractivity contribution in [3.8, 4) is 6.07 Å². The molecule has 2 nitrogen and oxygen atoms in total. The summed E-state index contributed by atoms with van der Waals surface area (Å²) in [7, 11) is 0. The molecular formula is C22H43ClN2. The molecule has 0 spiro atoms. The first-order chi connectivity index (χ1) is 11.8. The predicted octanol–water partition coefficient (Wildman–Crippen LogP) is 7.34. The van der Waals surface area contributed by atoms with Crippen LogP contribution in [0.4, 0.5) is 0 Å². The molecule has 0 aromatic heterocycles. The lowest BCUT2D eigenvalue weighted by molar-refractivity contribution is 0.527. The van der Waals surface area contributed by atoms with Crippen LogP contribution in [-0.2, 0) is 0 Å². The van der Waals surface area contributed by atoms with Crippen LogP contribution in [0.3, 0.4) is 0 Å². The van der Waals surface area contributed by atoms with Gasteiger partial charge >= 0.3 is 0 Å². The van der Waals surface area contributed by atoms with E-state index in [-0.39, 0.29) is 12.4 Å². The van der Waals surface area contributed by atoms with E-state index in [1.165, 1.54) is 103 Å². The minimum atomic E-state index is 0. The van der Waals surface area contributed by atoms with Crippen LogP contribution in [0.15, 0.2) is 12.2 Å².